The number of carbonyl (C=O) groups is 1. The second-order valence-corrected chi connectivity index (χ2v) is 9.05. The molecular weight excluding hydrogens is 362 g/mol. The Hall–Kier alpha value is -2.22. The van der Waals surface area contributed by atoms with E-state index < -0.39 is 15.9 Å². The van der Waals surface area contributed by atoms with Crippen molar-refractivity contribution in [2.75, 3.05) is 24.7 Å². The van der Waals surface area contributed by atoms with Crippen molar-refractivity contribution in [1.82, 2.24) is 4.90 Å². The number of carbonyl (C=O) groups excluding carboxylic acids is 1. The average Bonchev–Trinajstić information content (AvgIpc) is 3.03. The number of sulfone groups is 1. The van der Waals surface area contributed by atoms with Gasteiger partial charge in [0.25, 0.3) is 0 Å². The summed E-state index contributed by atoms with van der Waals surface area (Å²) in [6.07, 6.45) is 1.13. The predicted octanol–water partition coefficient (Wildman–Crippen LogP) is 1.84. The number of benzene rings is 2. The van der Waals surface area contributed by atoms with Gasteiger partial charge in [0.2, 0.25) is 5.91 Å². The lowest BCUT2D eigenvalue weighted by molar-refractivity contribution is -0.120. The maximum absolute atomic E-state index is 12.7. The van der Waals surface area contributed by atoms with Crippen LogP contribution >= 0.6 is 0 Å². The summed E-state index contributed by atoms with van der Waals surface area (Å²) in [5.74, 6) is -0.0724. The van der Waals surface area contributed by atoms with Gasteiger partial charge in [0.1, 0.15) is 0 Å². The number of likely N-dealkylation sites (tertiary alicyclic amines) is 1. The van der Waals surface area contributed by atoms with Crippen LogP contribution in [0.1, 0.15) is 18.4 Å². The third-order valence-electron chi connectivity index (χ3n) is 5.09. The molecule has 144 valence electrons. The quantitative estimate of drug-likeness (QED) is 0.817. The fourth-order valence-electron chi connectivity index (χ4n) is 3.53. The zero-order valence-electron chi connectivity index (χ0n) is 15.5. The maximum atomic E-state index is 12.7. The lowest BCUT2D eigenvalue weighted by Gasteiger charge is -2.24. The predicted molar refractivity (Wildman–Crippen MR) is 106 cm³/mol. The summed E-state index contributed by atoms with van der Waals surface area (Å²) >= 11 is 0. The van der Waals surface area contributed by atoms with Crippen LogP contribution in [0.3, 0.4) is 0 Å². The molecule has 0 spiro atoms. The van der Waals surface area contributed by atoms with E-state index in [0.717, 1.165) is 6.26 Å². The minimum atomic E-state index is -3.43. The Morgan fingerprint density at radius 2 is 1.74 bits per heavy atom. The first kappa shape index (κ1) is 19.5. The molecule has 1 amide bonds. The van der Waals surface area contributed by atoms with Crippen LogP contribution in [0.2, 0.25) is 0 Å². The first-order valence-electron chi connectivity index (χ1n) is 8.92. The van der Waals surface area contributed by atoms with E-state index in [1.54, 1.807) is 18.2 Å². The van der Waals surface area contributed by atoms with Gasteiger partial charge in [0.05, 0.1) is 16.6 Å². The highest BCUT2D eigenvalue weighted by Crippen LogP contribution is 2.28. The molecule has 2 aromatic rings. The topological polar surface area (TPSA) is 92.5 Å². The van der Waals surface area contributed by atoms with E-state index in [2.05, 4.69) is 17.4 Å². The van der Waals surface area contributed by atoms with Crippen LogP contribution in [0.4, 0.5) is 5.69 Å². The van der Waals surface area contributed by atoms with Crippen molar-refractivity contribution in [2.45, 2.75) is 29.8 Å². The number of nitrogens with zero attached hydrogens (tertiary/aromatic N) is 1. The van der Waals surface area contributed by atoms with Crippen molar-refractivity contribution in [3.05, 3.63) is 60.2 Å². The standard InChI is InChI=1S/C20H25N3O3S/c1-14(20(24)22-18-10-6-7-11-19(18)27(2,25)26)23-12-16(17(21)13-23)15-8-4-3-5-9-15/h3-11,14,16-17H,12-13,21H2,1-2H3,(H,22,24)/t14?,16-,17+/m0/s1. The molecule has 6 nitrogen and oxygen atoms in total. The maximum Gasteiger partial charge on any atom is 0.241 e. The number of amides is 1. The normalized spacial score (nSPS) is 21.7. The fraction of sp³-hybridized carbons (Fsp3) is 0.350. The summed E-state index contributed by atoms with van der Waals surface area (Å²) in [4.78, 5) is 14.9. The lowest BCUT2D eigenvalue weighted by atomic mass is 9.95. The molecule has 0 radical (unpaired) electrons. The summed E-state index contributed by atoms with van der Waals surface area (Å²) in [7, 11) is -3.43. The van der Waals surface area contributed by atoms with E-state index in [1.165, 1.54) is 11.6 Å². The van der Waals surface area contributed by atoms with Gasteiger partial charge in [-0.3, -0.25) is 9.69 Å². The molecule has 1 fully saturated rings. The smallest absolute Gasteiger partial charge is 0.241 e. The largest absolute Gasteiger partial charge is 0.326 e. The number of nitrogens with one attached hydrogen (secondary N) is 1. The Labute approximate surface area is 160 Å². The molecule has 1 unspecified atom stereocenters. The number of hydrogen-bond donors (Lipinski definition) is 2. The third-order valence-corrected chi connectivity index (χ3v) is 6.25. The number of hydrogen-bond acceptors (Lipinski definition) is 5. The fourth-order valence-corrected chi connectivity index (χ4v) is 4.37. The molecule has 3 N–H and O–H groups in total. The monoisotopic (exact) mass is 387 g/mol. The summed E-state index contributed by atoms with van der Waals surface area (Å²) in [5.41, 5.74) is 7.79. The van der Waals surface area contributed by atoms with Gasteiger partial charge in [-0.25, -0.2) is 8.42 Å². The van der Waals surface area contributed by atoms with Crippen molar-refractivity contribution in [3.63, 3.8) is 0 Å². The summed E-state index contributed by atoms with van der Waals surface area (Å²) < 4.78 is 23.9. The molecule has 0 bridgehead atoms. The Kier molecular flexibility index (Phi) is 5.64. The van der Waals surface area contributed by atoms with E-state index in [4.69, 9.17) is 5.73 Å². The molecule has 7 heteroatoms. The molecule has 2 aromatic carbocycles. The lowest BCUT2D eigenvalue weighted by Crippen LogP contribution is -2.42. The van der Waals surface area contributed by atoms with Gasteiger partial charge in [0, 0.05) is 31.3 Å². The highest BCUT2D eigenvalue weighted by molar-refractivity contribution is 7.90. The van der Waals surface area contributed by atoms with E-state index in [-0.39, 0.29) is 22.8 Å². The van der Waals surface area contributed by atoms with Gasteiger partial charge in [-0.1, -0.05) is 42.5 Å². The second-order valence-electron chi connectivity index (χ2n) is 7.07. The van der Waals surface area contributed by atoms with Crippen LogP contribution < -0.4 is 11.1 Å². The molecular formula is C20H25N3O3S. The van der Waals surface area contributed by atoms with Gasteiger partial charge < -0.3 is 11.1 Å². The van der Waals surface area contributed by atoms with Gasteiger partial charge in [-0.2, -0.15) is 0 Å². The molecule has 0 aliphatic carbocycles. The molecule has 1 saturated heterocycles. The summed E-state index contributed by atoms with van der Waals surface area (Å²) in [5, 5.41) is 2.76. The summed E-state index contributed by atoms with van der Waals surface area (Å²) in [6, 6.07) is 16.0. The van der Waals surface area contributed by atoms with Crippen molar-refractivity contribution in [3.8, 4) is 0 Å². The SMILES string of the molecule is CC(C(=O)Nc1ccccc1S(C)(=O)=O)N1C[C@@H](N)[C@H](c2ccccc2)C1. The first-order valence-corrected chi connectivity index (χ1v) is 10.8. The molecule has 27 heavy (non-hydrogen) atoms. The van der Waals surface area contributed by atoms with Crippen LogP contribution in [0, 0.1) is 0 Å². The van der Waals surface area contributed by atoms with E-state index in [0.29, 0.717) is 18.8 Å². The Morgan fingerprint density at radius 1 is 1.11 bits per heavy atom. The first-order chi connectivity index (χ1) is 12.8. The molecule has 3 rings (SSSR count). The molecule has 1 aliphatic rings. The highest BCUT2D eigenvalue weighted by atomic mass is 32.2. The van der Waals surface area contributed by atoms with Crippen molar-refractivity contribution < 1.29 is 13.2 Å². The van der Waals surface area contributed by atoms with Crippen molar-refractivity contribution in [2.24, 2.45) is 5.73 Å². The molecule has 1 heterocycles. The summed E-state index contributed by atoms with van der Waals surface area (Å²) in [6.45, 7) is 3.12. The van der Waals surface area contributed by atoms with Crippen LogP contribution in [-0.2, 0) is 14.6 Å². The van der Waals surface area contributed by atoms with Crippen molar-refractivity contribution in [1.29, 1.82) is 0 Å². The van der Waals surface area contributed by atoms with Gasteiger partial charge in [-0.15, -0.1) is 0 Å². The van der Waals surface area contributed by atoms with Crippen LogP contribution in [0.15, 0.2) is 59.5 Å². The van der Waals surface area contributed by atoms with E-state index >= 15 is 0 Å². The van der Waals surface area contributed by atoms with Crippen LogP contribution in [0.5, 0.6) is 0 Å². The van der Waals surface area contributed by atoms with Crippen LogP contribution in [0.25, 0.3) is 0 Å². The number of nitrogens with two attached hydrogens (primary N) is 1. The van der Waals surface area contributed by atoms with Gasteiger partial charge in [-0.05, 0) is 24.6 Å². The van der Waals surface area contributed by atoms with E-state index in [1.807, 2.05) is 30.0 Å². The van der Waals surface area contributed by atoms with Crippen molar-refractivity contribution >= 4 is 21.4 Å². The molecule has 1 aliphatic heterocycles. The molecule has 3 atom stereocenters. The minimum Gasteiger partial charge on any atom is -0.326 e. The highest BCUT2D eigenvalue weighted by Gasteiger charge is 2.35. The van der Waals surface area contributed by atoms with E-state index in [9.17, 15) is 13.2 Å². The zero-order valence-corrected chi connectivity index (χ0v) is 16.3. The van der Waals surface area contributed by atoms with Gasteiger partial charge >= 0.3 is 0 Å². The second kappa shape index (κ2) is 7.80. The zero-order chi connectivity index (χ0) is 19.6. The number of anilines is 1. The molecule has 0 saturated carbocycles. The Balaban J connectivity index is 1.72. The number of para-hydroxylation sites is 1. The minimum absolute atomic E-state index is 0.0500. The molecule has 0 aromatic heterocycles. The third kappa shape index (κ3) is 4.37. The Morgan fingerprint density at radius 3 is 2.41 bits per heavy atom. The van der Waals surface area contributed by atoms with Crippen LogP contribution in [-0.4, -0.2) is 50.7 Å². The Bertz CT molecular complexity index is 915. The average molecular weight is 388 g/mol. The number of rotatable bonds is 5. The van der Waals surface area contributed by atoms with Gasteiger partial charge in [0.15, 0.2) is 9.84 Å².